The minimum atomic E-state index is -0.511. The van der Waals surface area contributed by atoms with Crippen molar-refractivity contribution in [1.29, 1.82) is 0 Å². The van der Waals surface area contributed by atoms with Gasteiger partial charge in [0.05, 0.1) is 6.04 Å². The van der Waals surface area contributed by atoms with Crippen LogP contribution in [0.1, 0.15) is 36.8 Å². The lowest BCUT2D eigenvalue weighted by Crippen LogP contribution is -2.28. The van der Waals surface area contributed by atoms with Crippen LogP contribution in [0.4, 0.5) is 0 Å². The lowest BCUT2D eigenvalue weighted by Gasteiger charge is -2.21. The van der Waals surface area contributed by atoms with Gasteiger partial charge in [0.1, 0.15) is 23.7 Å². The highest BCUT2D eigenvalue weighted by Crippen LogP contribution is 2.35. The molecule has 2 aromatic carbocycles. The number of nitrogens with zero attached hydrogens (tertiary/aromatic N) is 1. The van der Waals surface area contributed by atoms with Gasteiger partial charge in [0, 0.05) is 17.9 Å². The maximum atomic E-state index is 11.5. The smallest absolute Gasteiger partial charge is 0.243 e. The molecule has 25 heavy (non-hydrogen) atoms. The van der Waals surface area contributed by atoms with Gasteiger partial charge in [-0.05, 0) is 37.6 Å². The van der Waals surface area contributed by atoms with Crippen molar-refractivity contribution >= 4 is 16.9 Å². The second-order valence-electron chi connectivity index (χ2n) is 6.04. The van der Waals surface area contributed by atoms with Crippen LogP contribution in [0.25, 0.3) is 11.0 Å². The third-order valence-electron chi connectivity index (χ3n) is 4.24. The average molecular weight is 339 g/mol. The number of hydrogen-bond acceptors (Lipinski definition) is 4. The number of rotatable bonds is 5. The van der Waals surface area contributed by atoms with Crippen molar-refractivity contribution in [3.8, 4) is 5.75 Å². The van der Waals surface area contributed by atoms with Crippen molar-refractivity contribution in [3.05, 3.63) is 65.4 Å². The zero-order chi connectivity index (χ0) is 18.0. The number of benzene rings is 2. The van der Waals surface area contributed by atoms with Crippen LogP contribution in [0.15, 0.2) is 52.9 Å². The number of furan rings is 1. The van der Waals surface area contributed by atoms with E-state index >= 15 is 0 Å². The SMILES string of the molecule is CC(=O)N(O)C(C)c1c(C)oc2ccc(OCc3ccccc3)cc12. The molecule has 0 aliphatic rings. The highest BCUT2D eigenvalue weighted by Gasteiger charge is 2.23. The Morgan fingerprint density at radius 1 is 1.24 bits per heavy atom. The second-order valence-corrected chi connectivity index (χ2v) is 6.04. The molecule has 1 unspecified atom stereocenters. The molecule has 1 N–H and O–H groups in total. The van der Waals surface area contributed by atoms with Crippen molar-refractivity contribution in [3.63, 3.8) is 0 Å². The molecule has 0 saturated carbocycles. The molecule has 3 aromatic rings. The fraction of sp³-hybridized carbons (Fsp3) is 0.250. The number of carbonyl (C=O) groups is 1. The quantitative estimate of drug-likeness (QED) is 0.544. The van der Waals surface area contributed by atoms with E-state index in [0.29, 0.717) is 23.7 Å². The number of amides is 1. The molecule has 0 aliphatic carbocycles. The van der Waals surface area contributed by atoms with E-state index < -0.39 is 11.9 Å². The first-order chi connectivity index (χ1) is 12.0. The maximum absolute atomic E-state index is 11.5. The van der Waals surface area contributed by atoms with Gasteiger partial charge in [0.2, 0.25) is 5.91 Å². The molecule has 0 radical (unpaired) electrons. The van der Waals surface area contributed by atoms with Crippen LogP contribution in [-0.2, 0) is 11.4 Å². The second kappa shape index (κ2) is 6.99. The molecule has 3 rings (SSSR count). The summed E-state index contributed by atoms with van der Waals surface area (Å²) in [5.74, 6) is 0.957. The van der Waals surface area contributed by atoms with Crippen LogP contribution < -0.4 is 4.74 Å². The van der Waals surface area contributed by atoms with Gasteiger partial charge in [-0.1, -0.05) is 30.3 Å². The molecule has 1 heterocycles. The summed E-state index contributed by atoms with van der Waals surface area (Å²) in [6.07, 6.45) is 0. The molecule has 0 spiro atoms. The van der Waals surface area contributed by atoms with Gasteiger partial charge in [-0.15, -0.1) is 0 Å². The predicted molar refractivity (Wildman–Crippen MR) is 94.4 cm³/mol. The fourth-order valence-electron chi connectivity index (χ4n) is 2.96. The molecule has 5 nitrogen and oxygen atoms in total. The zero-order valence-electron chi connectivity index (χ0n) is 14.5. The van der Waals surface area contributed by atoms with E-state index in [2.05, 4.69) is 0 Å². The molecule has 5 heteroatoms. The first-order valence-electron chi connectivity index (χ1n) is 8.16. The van der Waals surface area contributed by atoms with Crippen LogP contribution in [-0.4, -0.2) is 16.2 Å². The third kappa shape index (κ3) is 3.51. The Labute approximate surface area is 146 Å². The first kappa shape index (κ1) is 17.0. The minimum Gasteiger partial charge on any atom is -0.489 e. The van der Waals surface area contributed by atoms with Crippen molar-refractivity contribution in [2.24, 2.45) is 0 Å². The summed E-state index contributed by atoms with van der Waals surface area (Å²) < 4.78 is 11.6. The largest absolute Gasteiger partial charge is 0.489 e. The van der Waals surface area contributed by atoms with Gasteiger partial charge in [-0.25, -0.2) is 5.06 Å². The Hall–Kier alpha value is -2.79. The lowest BCUT2D eigenvalue weighted by atomic mass is 10.0. The maximum Gasteiger partial charge on any atom is 0.243 e. The van der Waals surface area contributed by atoms with Crippen molar-refractivity contribution in [2.75, 3.05) is 0 Å². The minimum absolute atomic E-state index is 0.419. The summed E-state index contributed by atoms with van der Waals surface area (Å²) in [4.78, 5) is 11.5. The molecule has 1 atom stereocenters. The van der Waals surface area contributed by atoms with Crippen LogP contribution in [0.3, 0.4) is 0 Å². The Bertz CT molecular complexity index is 885. The Morgan fingerprint density at radius 3 is 2.64 bits per heavy atom. The van der Waals surface area contributed by atoms with Gasteiger partial charge in [-0.3, -0.25) is 10.0 Å². The summed E-state index contributed by atoms with van der Waals surface area (Å²) in [5.41, 5.74) is 2.55. The monoisotopic (exact) mass is 339 g/mol. The van der Waals surface area contributed by atoms with Crippen LogP contribution in [0, 0.1) is 6.92 Å². The van der Waals surface area contributed by atoms with E-state index in [1.165, 1.54) is 6.92 Å². The summed E-state index contributed by atoms with van der Waals surface area (Å²) in [5, 5.41) is 11.5. The van der Waals surface area contributed by atoms with E-state index in [1.54, 1.807) is 6.92 Å². The molecule has 0 fully saturated rings. The van der Waals surface area contributed by atoms with Gasteiger partial charge in [-0.2, -0.15) is 0 Å². The Balaban J connectivity index is 1.91. The zero-order valence-corrected chi connectivity index (χ0v) is 14.5. The summed E-state index contributed by atoms with van der Waals surface area (Å²) in [7, 11) is 0. The molecule has 0 bridgehead atoms. The number of fused-ring (bicyclic) bond motifs is 1. The number of hydroxylamine groups is 2. The van der Waals surface area contributed by atoms with Crippen molar-refractivity contribution < 1.29 is 19.2 Å². The number of ether oxygens (including phenoxy) is 1. The third-order valence-corrected chi connectivity index (χ3v) is 4.24. The molecular weight excluding hydrogens is 318 g/mol. The molecule has 1 aromatic heterocycles. The van der Waals surface area contributed by atoms with E-state index in [0.717, 1.165) is 21.6 Å². The lowest BCUT2D eigenvalue weighted by molar-refractivity contribution is -0.172. The van der Waals surface area contributed by atoms with E-state index in [-0.39, 0.29) is 0 Å². The van der Waals surface area contributed by atoms with E-state index in [1.807, 2.05) is 55.5 Å². The molecular formula is C20H21NO4. The highest BCUT2D eigenvalue weighted by atomic mass is 16.5. The van der Waals surface area contributed by atoms with E-state index in [4.69, 9.17) is 9.15 Å². The van der Waals surface area contributed by atoms with Gasteiger partial charge >= 0.3 is 0 Å². The fourth-order valence-corrected chi connectivity index (χ4v) is 2.96. The summed E-state index contributed by atoms with van der Waals surface area (Å²) >= 11 is 0. The predicted octanol–water partition coefficient (Wildman–Crippen LogP) is 4.62. The molecule has 0 saturated heterocycles. The van der Waals surface area contributed by atoms with Gasteiger partial charge in [0.15, 0.2) is 0 Å². The topological polar surface area (TPSA) is 62.9 Å². The van der Waals surface area contributed by atoms with E-state index in [9.17, 15) is 10.0 Å². The summed E-state index contributed by atoms with van der Waals surface area (Å²) in [6.45, 7) is 5.37. The van der Waals surface area contributed by atoms with Crippen LogP contribution in [0.5, 0.6) is 5.75 Å². The number of hydrogen-bond donors (Lipinski definition) is 1. The normalized spacial score (nSPS) is 12.2. The number of carbonyl (C=O) groups excluding carboxylic acids is 1. The van der Waals surface area contributed by atoms with Crippen molar-refractivity contribution in [2.45, 2.75) is 33.4 Å². The molecule has 130 valence electrons. The van der Waals surface area contributed by atoms with Gasteiger partial charge in [0.25, 0.3) is 0 Å². The molecule has 1 amide bonds. The summed E-state index contributed by atoms with van der Waals surface area (Å²) in [6, 6.07) is 15.0. The number of aryl methyl sites for hydroxylation is 1. The average Bonchev–Trinajstić information content (AvgIpc) is 2.94. The molecule has 0 aliphatic heterocycles. The standard InChI is InChI=1S/C20H21NO4/c1-13(21(23)15(3)22)20-14(2)25-19-10-9-17(11-18(19)20)24-12-16-7-5-4-6-8-16/h4-11,13,23H,12H2,1-3H3. The highest BCUT2D eigenvalue weighted by molar-refractivity contribution is 5.85. The first-order valence-corrected chi connectivity index (χ1v) is 8.16. The van der Waals surface area contributed by atoms with Crippen LogP contribution >= 0.6 is 0 Å². The Kier molecular flexibility index (Phi) is 4.76. The Morgan fingerprint density at radius 2 is 1.96 bits per heavy atom. The van der Waals surface area contributed by atoms with Crippen LogP contribution in [0.2, 0.25) is 0 Å². The van der Waals surface area contributed by atoms with Crippen molar-refractivity contribution in [1.82, 2.24) is 5.06 Å². The van der Waals surface area contributed by atoms with Gasteiger partial charge < -0.3 is 9.15 Å².